The second-order valence-electron chi connectivity index (χ2n) is 5.36. The highest BCUT2D eigenvalue weighted by Gasteiger charge is 2.19. The molecule has 0 aliphatic carbocycles. The van der Waals surface area contributed by atoms with E-state index in [-0.39, 0.29) is 5.69 Å². The summed E-state index contributed by atoms with van der Waals surface area (Å²) in [4.78, 5) is 5.66. The second-order valence-corrected chi connectivity index (χ2v) is 7.25. The van der Waals surface area contributed by atoms with Crippen molar-refractivity contribution in [2.75, 3.05) is 6.26 Å². The van der Waals surface area contributed by atoms with Crippen molar-refractivity contribution in [1.29, 1.82) is 0 Å². The third-order valence-electron chi connectivity index (χ3n) is 3.80. The maximum Gasteiger partial charge on any atom is 0.282 e. The van der Waals surface area contributed by atoms with Gasteiger partial charge < -0.3 is 0 Å². The van der Waals surface area contributed by atoms with E-state index in [0.717, 1.165) is 20.7 Å². The zero-order valence-electron chi connectivity index (χ0n) is 13.2. The largest absolute Gasteiger partial charge is 0.282 e. The molecule has 25 heavy (non-hydrogen) atoms. The summed E-state index contributed by atoms with van der Waals surface area (Å²) in [5.41, 5.74) is 2.03. The number of thiazole rings is 1. The zero-order valence-corrected chi connectivity index (χ0v) is 14.8. The fourth-order valence-corrected chi connectivity index (χ4v) is 3.91. The Hall–Kier alpha value is -2.25. The molecule has 0 saturated carbocycles. The Labute approximate surface area is 151 Å². The minimum Gasteiger partial charge on any atom is -0.218 e. The van der Waals surface area contributed by atoms with Gasteiger partial charge in [-0.15, -0.1) is 11.8 Å². The van der Waals surface area contributed by atoms with Gasteiger partial charge in [0.1, 0.15) is 5.69 Å². The molecular weight excluding hydrogens is 360 g/mol. The van der Waals surface area contributed by atoms with Gasteiger partial charge in [-0.05, 0) is 36.6 Å². The van der Waals surface area contributed by atoms with Crippen molar-refractivity contribution in [2.45, 2.75) is 11.3 Å². The number of halogens is 2. The molecule has 126 valence electrons. The molecule has 0 bridgehead atoms. The molecule has 7 heteroatoms. The summed E-state index contributed by atoms with van der Waals surface area (Å²) >= 11 is 3.07. The van der Waals surface area contributed by atoms with E-state index >= 15 is 0 Å². The number of alkyl halides is 2. The van der Waals surface area contributed by atoms with Crippen LogP contribution in [0.25, 0.3) is 26.6 Å². The summed E-state index contributed by atoms with van der Waals surface area (Å²) in [5, 5.41) is 4.68. The van der Waals surface area contributed by atoms with E-state index in [1.807, 2.05) is 54.8 Å². The van der Waals surface area contributed by atoms with Gasteiger partial charge in [0, 0.05) is 10.5 Å². The molecule has 0 atom stereocenters. The van der Waals surface area contributed by atoms with Crippen molar-refractivity contribution in [2.24, 2.45) is 0 Å². The van der Waals surface area contributed by atoms with Crippen LogP contribution in [0.3, 0.4) is 0 Å². The fourth-order valence-electron chi connectivity index (χ4n) is 2.57. The van der Waals surface area contributed by atoms with Crippen LogP contribution in [0.1, 0.15) is 12.1 Å². The number of nitrogens with zero attached hydrogens (tertiary/aromatic N) is 3. The first-order chi connectivity index (χ1) is 12.2. The first-order valence-electron chi connectivity index (χ1n) is 7.54. The molecule has 0 spiro atoms. The van der Waals surface area contributed by atoms with Gasteiger partial charge in [0.25, 0.3) is 6.43 Å². The molecule has 2 aromatic heterocycles. The van der Waals surface area contributed by atoms with Gasteiger partial charge >= 0.3 is 0 Å². The van der Waals surface area contributed by atoms with Crippen LogP contribution in [0.2, 0.25) is 0 Å². The quantitative estimate of drug-likeness (QED) is 0.423. The monoisotopic (exact) mass is 373 g/mol. The van der Waals surface area contributed by atoms with Gasteiger partial charge in [0.05, 0.1) is 15.9 Å². The number of benzene rings is 2. The van der Waals surface area contributed by atoms with Crippen molar-refractivity contribution in [3.63, 3.8) is 0 Å². The molecule has 4 aromatic rings. The van der Waals surface area contributed by atoms with Crippen LogP contribution in [0, 0.1) is 0 Å². The molecule has 0 saturated heterocycles. The molecule has 0 unspecified atom stereocenters. The van der Waals surface area contributed by atoms with E-state index in [4.69, 9.17) is 0 Å². The van der Waals surface area contributed by atoms with E-state index in [1.165, 1.54) is 22.1 Å². The first kappa shape index (κ1) is 16.2. The van der Waals surface area contributed by atoms with Crippen LogP contribution in [0.4, 0.5) is 8.78 Å². The van der Waals surface area contributed by atoms with E-state index < -0.39 is 6.43 Å². The Bertz CT molecular complexity index is 989. The molecule has 2 heterocycles. The average Bonchev–Trinajstić information content (AvgIpc) is 3.26. The molecular formula is C18H13F2N3S2. The zero-order chi connectivity index (χ0) is 17.4. The second kappa shape index (κ2) is 6.57. The average molecular weight is 373 g/mol. The number of aromatic nitrogens is 3. The first-order valence-corrected chi connectivity index (χ1v) is 9.58. The molecule has 3 nitrogen and oxygen atoms in total. The maximum atomic E-state index is 13.2. The van der Waals surface area contributed by atoms with Gasteiger partial charge in [-0.1, -0.05) is 35.6 Å². The van der Waals surface area contributed by atoms with E-state index in [1.54, 1.807) is 11.8 Å². The van der Waals surface area contributed by atoms with Crippen molar-refractivity contribution in [1.82, 2.24) is 14.8 Å². The summed E-state index contributed by atoms with van der Waals surface area (Å²) in [5.74, 6) is 0. The number of para-hydroxylation sites is 1. The third kappa shape index (κ3) is 3.05. The number of fused-ring (bicyclic) bond motifs is 1. The Morgan fingerprint density at radius 1 is 1.08 bits per heavy atom. The van der Waals surface area contributed by atoms with Crippen molar-refractivity contribution < 1.29 is 8.78 Å². The number of hydrogen-bond acceptors (Lipinski definition) is 4. The molecule has 4 rings (SSSR count). The summed E-state index contributed by atoms with van der Waals surface area (Å²) in [6, 6.07) is 16.9. The molecule has 0 N–H and O–H groups in total. The standard InChI is InChI=1S/C18H13F2N3S2/c1-24-12-8-6-11(7-9-12)15-10-14(17(19)20)22-23(15)18-21-13-4-2-3-5-16(13)25-18/h2-10,17H,1H3. The highest BCUT2D eigenvalue weighted by atomic mass is 32.2. The molecule has 0 aliphatic heterocycles. The molecule has 0 fully saturated rings. The molecule has 0 radical (unpaired) electrons. The Morgan fingerprint density at radius 2 is 1.84 bits per heavy atom. The highest BCUT2D eigenvalue weighted by molar-refractivity contribution is 7.98. The van der Waals surface area contributed by atoms with E-state index in [9.17, 15) is 8.78 Å². The third-order valence-corrected chi connectivity index (χ3v) is 5.56. The van der Waals surface area contributed by atoms with Gasteiger partial charge in [0.15, 0.2) is 0 Å². The van der Waals surface area contributed by atoms with Gasteiger partial charge in [-0.25, -0.2) is 18.4 Å². The predicted octanol–water partition coefficient (Wildman–Crippen LogP) is 5.81. The minimum atomic E-state index is -2.63. The normalized spacial score (nSPS) is 11.5. The molecule has 0 amide bonds. The lowest BCUT2D eigenvalue weighted by molar-refractivity contribution is 0.145. The fraction of sp³-hybridized carbons (Fsp3) is 0.111. The van der Waals surface area contributed by atoms with Crippen LogP contribution >= 0.6 is 23.1 Å². The lowest BCUT2D eigenvalue weighted by Crippen LogP contribution is -1.99. The van der Waals surface area contributed by atoms with E-state index in [0.29, 0.717) is 10.8 Å². The number of hydrogen-bond donors (Lipinski definition) is 0. The van der Waals surface area contributed by atoms with Crippen LogP contribution in [-0.4, -0.2) is 21.0 Å². The Balaban J connectivity index is 1.87. The van der Waals surface area contributed by atoms with Gasteiger partial charge in [0.2, 0.25) is 5.13 Å². The smallest absolute Gasteiger partial charge is 0.218 e. The molecule has 0 aliphatic rings. The minimum absolute atomic E-state index is 0.247. The van der Waals surface area contributed by atoms with Gasteiger partial charge in [-0.2, -0.15) is 5.10 Å². The van der Waals surface area contributed by atoms with Crippen LogP contribution in [0.15, 0.2) is 59.5 Å². The Morgan fingerprint density at radius 3 is 2.52 bits per heavy atom. The Kier molecular flexibility index (Phi) is 4.27. The van der Waals surface area contributed by atoms with E-state index in [2.05, 4.69) is 10.1 Å². The summed E-state index contributed by atoms with van der Waals surface area (Å²) in [6.45, 7) is 0. The lowest BCUT2D eigenvalue weighted by atomic mass is 10.1. The van der Waals surface area contributed by atoms with Crippen LogP contribution < -0.4 is 0 Å². The SMILES string of the molecule is CSc1ccc(-c2cc(C(F)F)nn2-c2nc3ccccc3s2)cc1. The predicted molar refractivity (Wildman–Crippen MR) is 98.9 cm³/mol. The summed E-state index contributed by atoms with van der Waals surface area (Å²) in [7, 11) is 0. The van der Waals surface area contributed by atoms with Crippen LogP contribution in [-0.2, 0) is 0 Å². The summed E-state index contributed by atoms with van der Waals surface area (Å²) < 4.78 is 28.9. The van der Waals surface area contributed by atoms with Crippen molar-refractivity contribution in [3.8, 4) is 16.4 Å². The topological polar surface area (TPSA) is 30.7 Å². The number of rotatable bonds is 4. The lowest BCUT2D eigenvalue weighted by Gasteiger charge is -2.05. The van der Waals surface area contributed by atoms with Crippen molar-refractivity contribution >= 4 is 33.3 Å². The van der Waals surface area contributed by atoms with Crippen LogP contribution in [0.5, 0.6) is 0 Å². The number of thioether (sulfide) groups is 1. The highest BCUT2D eigenvalue weighted by Crippen LogP contribution is 2.32. The van der Waals surface area contributed by atoms with Crippen molar-refractivity contribution in [3.05, 3.63) is 60.3 Å². The summed E-state index contributed by atoms with van der Waals surface area (Å²) in [6.07, 6.45) is -0.630. The molecule has 2 aromatic carbocycles. The van der Waals surface area contributed by atoms with Gasteiger partial charge in [-0.3, -0.25) is 0 Å². The maximum absolute atomic E-state index is 13.2.